The van der Waals surface area contributed by atoms with E-state index in [1.54, 1.807) is 56.3 Å². The highest BCUT2D eigenvalue weighted by atomic mass is 35.5. The summed E-state index contributed by atoms with van der Waals surface area (Å²) in [6.07, 6.45) is 1.52. The summed E-state index contributed by atoms with van der Waals surface area (Å²) in [5.74, 6) is -0.695. The van der Waals surface area contributed by atoms with Crippen LogP contribution in [0.5, 0.6) is 0 Å². The van der Waals surface area contributed by atoms with Gasteiger partial charge in [0.25, 0.3) is 16.9 Å². The Morgan fingerprint density at radius 1 is 1.12 bits per heavy atom. The molecule has 2 heterocycles. The molecule has 4 aromatic rings. The molecule has 0 spiro atoms. The molecule has 43 heavy (non-hydrogen) atoms. The number of allylic oxidation sites excluding steroid dienone is 1. The molecule has 1 aromatic heterocycles. The van der Waals surface area contributed by atoms with Crippen LogP contribution in [0.15, 0.2) is 97.6 Å². The molecule has 0 bridgehead atoms. The van der Waals surface area contributed by atoms with Gasteiger partial charge in [-0.1, -0.05) is 52.9 Å². The fourth-order valence-electron chi connectivity index (χ4n) is 4.55. The van der Waals surface area contributed by atoms with Gasteiger partial charge < -0.3 is 4.74 Å². The van der Waals surface area contributed by atoms with E-state index in [2.05, 4.69) is 4.99 Å². The maximum absolute atomic E-state index is 13.8. The van der Waals surface area contributed by atoms with Crippen LogP contribution in [0.4, 0.5) is 11.4 Å². The van der Waals surface area contributed by atoms with E-state index in [0.717, 1.165) is 16.2 Å². The number of benzene rings is 3. The standard InChI is InChI=1S/C29H21ClN4O7S2/c1-3-41-28(36)25-16(2)31-29-32(26(25)18-5-4-6-20(15-18)33(37)38)27(35)24(43-29)14-17-7-12-23(22(13-17)34(39)40)42-21-10-8-19(30)9-11-21/h4-15,26H,3H2,1-2H3/b24-14+/t26-/m0/s1. The van der Waals surface area contributed by atoms with Gasteiger partial charge in [0.2, 0.25) is 0 Å². The van der Waals surface area contributed by atoms with E-state index in [0.29, 0.717) is 26.7 Å². The summed E-state index contributed by atoms with van der Waals surface area (Å²) in [6.45, 7) is 3.32. The van der Waals surface area contributed by atoms with Crippen molar-refractivity contribution in [2.75, 3.05) is 6.61 Å². The molecular weight excluding hydrogens is 616 g/mol. The normalized spacial score (nSPS) is 14.7. The van der Waals surface area contributed by atoms with Crippen LogP contribution in [0.25, 0.3) is 6.08 Å². The summed E-state index contributed by atoms with van der Waals surface area (Å²) >= 11 is 8.20. The van der Waals surface area contributed by atoms with Crippen molar-refractivity contribution in [3.63, 3.8) is 0 Å². The van der Waals surface area contributed by atoms with Gasteiger partial charge in [-0.25, -0.2) is 9.79 Å². The molecule has 0 aliphatic carbocycles. The first-order valence-electron chi connectivity index (χ1n) is 12.7. The van der Waals surface area contributed by atoms with Gasteiger partial charge in [0.05, 0.1) is 43.2 Å². The molecule has 1 atom stereocenters. The summed E-state index contributed by atoms with van der Waals surface area (Å²) in [7, 11) is 0. The van der Waals surface area contributed by atoms with Crippen LogP contribution < -0.4 is 14.9 Å². The average molecular weight is 637 g/mol. The summed E-state index contributed by atoms with van der Waals surface area (Å²) < 4.78 is 6.76. The zero-order chi connectivity index (χ0) is 30.8. The number of rotatable bonds is 8. The maximum atomic E-state index is 13.8. The topological polar surface area (TPSA) is 147 Å². The van der Waals surface area contributed by atoms with Gasteiger partial charge in [0.15, 0.2) is 4.80 Å². The van der Waals surface area contributed by atoms with E-state index in [1.807, 2.05) is 0 Å². The van der Waals surface area contributed by atoms with Crippen LogP contribution in [0, 0.1) is 20.2 Å². The van der Waals surface area contributed by atoms with Crippen LogP contribution in [-0.4, -0.2) is 27.0 Å². The zero-order valence-electron chi connectivity index (χ0n) is 22.6. The molecule has 1 aliphatic heterocycles. The molecule has 0 unspecified atom stereocenters. The van der Waals surface area contributed by atoms with Crippen molar-refractivity contribution in [3.05, 3.63) is 134 Å². The molecule has 0 amide bonds. The number of nitro benzene ring substituents is 2. The third kappa shape index (κ3) is 6.14. The van der Waals surface area contributed by atoms with Crippen LogP contribution in [0.1, 0.15) is 31.0 Å². The van der Waals surface area contributed by atoms with Crippen LogP contribution in [0.2, 0.25) is 5.02 Å². The van der Waals surface area contributed by atoms with Gasteiger partial charge in [-0.15, -0.1) is 0 Å². The number of hydrogen-bond acceptors (Lipinski definition) is 10. The second-order valence-electron chi connectivity index (χ2n) is 9.19. The SMILES string of the molecule is CCOC(=O)C1=C(C)N=c2s/c(=C/c3ccc(Sc4ccc(Cl)cc4)c([N+](=O)[O-])c3)c(=O)n2[C@H]1c1cccc([N+](=O)[O-])c1. The predicted octanol–water partition coefficient (Wildman–Crippen LogP) is 5.42. The lowest BCUT2D eigenvalue weighted by Crippen LogP contribution is -2.40. The van der Waals surface area contributed by atoms with Crippen molar-refractivity contribution in [1.29, 1.82) is 0 Å². The van der Waals surface area contributed by atoms with Gasteiger partial charge in [0, 0.05) is 28.1 Å². The van der Waals surface area contributed by atoms with E-state index in [1.165, 1.54) is 46.7 Å². The fraction of sp³-hybridized carbons (Fsp3) is 0.138. The summed E-state index contributed by atoms with van der Waals surface area (Å²) in [5, 5.41) is 24.0. The van der Waals surface area contributed by atoms with Gasteiger partial charge in [-0.3, -0.25) is 29.6 Å². The van der Waals surface area contributed by atoms with Crippen molar-refractivity contribution in [2.24, 2.45) is 4.99 Å². The molecule has 218 valence electrons. The van der Waals surface area contributed by atoms with Crippen molar-refractivity contribution in [1.82, 2.24) is 4.57 Å². The number of hydrogen-bond donors (Lipinski definition) is 0. The maximum Gasteiger partial charge on any atom is 0.338 e. The molecule has 0 radical (unpaired) electrons. The minimum absolute atomic E-state index is 0.0762. The Hall–Kier alpha value is -4.59. The highest BCUT2D eigenvalue weighted by Gasteiger charge is 2.34. The predicted molar refractivity (Wildman–Crippen MR) is 162 cm³/mol. The minimum atomic E-state index is -1.04. The lowest BCUT2D eigenvalue weighted by Gasteiger charge is -2.24. The molecule has 0 N–H and O–H groups in total. The second kappa shape index (κ2) is 12.3. The molecule has 11 nitrogen and oxygen atoms in total. The third-order valence-corrected chi connectivity index (χ3v) is 8.74. The third-order valence-electron chi connectivity index (χ3n) is 6.43. The number of nitrogens with zero attached hydrogens (tertiary/aromatic N) is 4. The Balaban J connectivity index is 1.63. The number of carbonyl (C=O) groups is 1. The fourth-order valence-corrected chi connectivity index (χ4v) is 6.62. The highest BCUT2D eigenvalue weighted by molar-refractivity contribution is 7.99. The number of thiazole rings is 1. The minimum Gasteiger partial charge on any atom is -0.463 e. The molecule has 1 aliphatic rings. The van der Waals surface area contributed by atoms with Gasteiger partial charge >= 0.3 is 5.97 Å². The van der Waals surface area contributed by atoms with E-state index >= 15 is 0 Å². The van der Waals surface area contributed by atoms with Crippen molar-refractivity contribution >= 4 is 58.1 Å². The quantitative estimate of drug-likeness (QED) is 0.141. The summed E-state index contributed by atoms with van der Waals surface area (Å²) in [4.78, 5) is 55.2. The first-order chi connectivity index (χ1) is 20.6. The van der Waals surface area contributed by atoms with Crippen LogP contribution in [0.3, 0.4) is 0 Å². The lowest BCUT2D eigenvalue weighted by molar-refractivity contribution is -0.387. The molecule has 0 saturated heterocycles. The van der Waals surface area contributed by atoms with Crippen LogP contribution in [-0.2, 0) is 9.53 Å². The Morgan fingerprint density at radius 2 is 1.86 bits per heavy atom. The number of aromatic nitrogens is 1. The number of halogens is 1. The number of fused-ring (bicyclic) bond motifs is 1. The van der Waals surface area contributed by atoms with Crippen molar-refractivity contribution in [3.8, 4) is 0 Å². The zero-order valence-corrected chi connectivity index (χ0v) is 24.9. The van der Waals surface area contributed by atoms with Gasteiger partial charge in [-0.2, -0.15) is 0 Å². The average Bonchev–Trinajstić information content (AvgIpc) is 3.28. The Bertz CT molecular complexity index is 2000. The summed E-state index contributed by atoms with van der Waals surface area (Å²) in [5.41, 5.74) is 0.265. The molecular formula is C29H21ClN4O7S2. The number of carbonyl (C=O) groups excluding carboxylic acids is 1. The lowest BCUT2D eigenvalue weighted by atomic mass is 9.95. The number of non-ortho nitro benzene ring substituents is 1. The summed E-state index contributed by atoms with van der Waals surface area (Å²) in [6, 6.07) is 16.2. The highest BCUT2D eigenvalue weighted by Crippen LogP contribution is 2.36. The largest absolute Gasteiger partial charge is 0.463 e. The second-order valence-corrected chi connectivity index (χ2v) is 11.8. The molecule has 14 heteroatoms. The number of ether oxygens (including phenoxy) is 1. The van der Waals surface area contributed by atoms with E-state index in [-0.39, 0.29) is 32.9 Å². The molecule has 0 saturated carbocycles. The smallest absolute Gasteiger partial charge is 0.338 e. The number of nitro groups is 2. The monoisotopic (exact) mass is 636 g/mol. The van der Waals surface area contributed by atoms with Gasteiger partial charge in [0.1, 0.15) is 0 Å². The van der Waals surface area contributed by atoms with Crippen molar-refractivity contribution in [2.45, 2.75) is 29.7 Å². The Kier molecular flexibility index (Phi) is 8.57. The molecule has 0 fully saturated rings. The van der Waals surface area contributed by atoms with E-state index in [4.69, 9.17) is 16.3 Å². The molecule has 3 aromatic carbocycles. The molecule has 5 rings (SSSR count). The van der Waals surface area contributed by atoms with E-state index < -0.39 is 27.4 Å². The first-order valence-corrected chi connectivity index (χ1v) is 14.7. The van der Waals surface area contributed by atoms with E-state index in [9.17, 15) is 29.8 Å². The number of esters is 1. The first kappa shape index (κ1) is 29.9. The Labute approximate surface area is 256 Å². The van der Waals surface area contributed by atoms with Crippen LogP contribution >= 0.6 is 34.7 Å². The van der Waals surface area contributed by atoms with Gasteiger partial charge in [-0.05, 0) is 61.4 Å². The van der Waals surface area contributed by atoms with Crippen molar-refractivity contribution < 1.29 is 19.4 Å². The Morgan fingerprint density at radius 3 is 2.53 bits per heavy atom.